The minimum Gasteiger partial charge on any atom is -0.383 e. The lowest BCUT2D eigenvalue weighted by Crippen LogP contribution is -2.49. The van der Waals surface area contributed by atoms with Crippen molar-refractivity contribution in [3.8, 4) is 0 Å². The molecule has 0 aliphatic carbocycles. The van der Waals surface area contributed by atoms with E-state index in [0.29, 0.717) is 26.2 Å². The fraction of sp³-hybridized carbons (Fsp3) is 0.529. The summed E-state index contributed by atoms with van der Waals surface area (Å²) >= 11 is 0. The summed E-state index contributed by atoms with van der Waals surface area (Å²) in [5.74, 6) is -0.0155. The van der Waals surface area contributed by atoms with Gasteiger partial charge < -0.3 is 25.6 Å². The van der Waals surface area contributed by atoms with Crippen molar-refractivity contribution in [2.45, 2.75) is 18.9 Å². The molecule has 1 fully saturated rings. The average molecular weight is 334 g/mol. The van der Waals surface area contributed by atoms with E-state index in [1.54, 1.807) is 12.0 Å². The Kier molecular flexibility index (Phi) is 7.51. The fourth-order valence-corrected chi connectivity index (χ4v) is 2.61. The minimum atomic E-state index is -0.0905. The van der Waals surface area contributed by atoms with Crippen molar-refractivity contribution >= 4 is 17.6 Å². The zero-order valence-corrected chi connectivity index (χ0v) is 14.1. The first-order valence-electron chi connectivity index (χ1n) is 8.29. The average Bonchev–Trinajstić information content (AvgIpc) is 2.60. The molecule has 1 aliphatic heterocycles. The Morgan fingerprint density at radius 2 is 1.92 bits per heavy atom. The van der Waals surface area contributed by atoms with E-state index in [4.69, 9.17) is 4.74 Å². The van der Waals surface area contributed by atoms with Crippen molar-refractivity contribution in [3.05, 3.63) is 30.3 Å². The van der Waals surface area contributed by atoms with Crippen LogP contribution in [-0.2, 0) is 9.53 Å². The van der Waals surface area contributed by atoms with Crippen LogP contribution in [0.1, 0.15) is 12.8 Å². The third-order valence-electron chi connectivity index (χ3n) is 3.94. The van der Waals surface area contributed by atoms with Gasteiger partial charge >= 0.3 is 6.03 Å². The Morgan fingerprint density at radius 1 is 1.21 bits per heavy atom. The standard InChI is InChI=1S/C17H26N4O3/c1-24-12-9-18-13-16(22)19-15-7-10-21(11-8-15)17(23)20-14-5-3-2-4-6-14/h2-6,15,18H,7-13H2,1H3,(H,19,22)(H,20,23). The molecule has 2 rings (SSSR count). The van der Waals surface area contributed by atoms with E-state index in [1.807, 2.05) is 30.3 Å². The van der Waals surface area contributed by atoms with Crippen LogP contribution >= 0.6 is 0 Å². The van der Waals surface area contributed by atoms with Crippen molar-refractivity contribution in [1.82, 2.24) is 15.5 Å². The van der Waals surface area contributed by atoms with Gasteiger partial charge in [0, 0.05) is 38.5 Å². The van der Waals surface area contributed by atoms with Gasteiger partial charge in [-0.1, -0.05) is 18.2 Å². The lowest BCUT2D eigenvalue weighted by atomic mass is 10.1. The molecule has 0 bridgehead atoms. The molecule has 1 aromatic carbocycles. The highest BCUT2D eigenvalue weighted by molar-refractivity contribution is 5.89. The molecule has 3 amide bonds. The molecule has 0 spiro atoms. The number of amides is 3. The number of urea groups is 1. The summed E-state index contributed by atoms with van der Waals surface area (Å²) in [6.07, 6.45) is 1.54. The Labute approximate surface area is 142 Å². The highest BCUT2D eigenvalue weighted by Gasteiger charge is 2.23. The lowest BCUT2D eigenvalue weighted by Gasteiger charge is -2.32. The van der Waals surface area contributed by atoms with Gasteiger partial charge in [-0.2, -0.15) is 0 Å². The molecule has 3 N–H and O–H groups in total. The van der Waals surface area contributed by atoms with Crippen molar-refractivity contribution in [1.29, 1.82) is 0 Å². The molecule has 0 unspecified atom stereocenters. The molecule has 7 nitrogen and oxygen atoms in total. The van der Waals surface area contributed by atoms with Crippen LogP contribution in [0.25, 0.3) is 0 Å². The highest BCUT2D eigenvalue weighted by Crippen LogP contribution is 2.13. The van der Waals surface area contributed by atoms with Gasteiger partial charge in [0.2, 0.25) is 5.91 Å². The molecule has 1 saturated heterocycles. The maximum absolute atomic E-state index is 12.2. The highest BCUT2D eigenvalue weighted by atomic mass is 16.5. The molecule has 1 heterocycles. The Morgan fingerprint density at radius 3 is 2.58 bits per heavy atom. The Balaban J connectivity index is 1.65. The molecule has 0 atom stereocenters. The smallest absolute Gasteiger partial charge is 0.321 e. The van der Waals surface area contributed by atoms with Crippen LogP contribution in [0, 0.1) is 0 Å². The second-order valence-electron chi connectivity index (χ2n) is 5.79. The summed E-state index contributed by atoms with van der Waals surface area (Å²) < 4.78 is 4.91. The first-order chi connectivity index (χ1) is 11.7. The number of piperidine rings is 1. The molecule has 0 saturated carbocycles. The summed E-state index contributed by atoms with van der Waals surface area (Å²) in [4.78, 5) is 25.8. The lowest BCUT2D eigenvalue weighted by molar-refractivity contribution is -0.121. The first kappa shape index (κ1) is 18.2. The number of hydrogen-bond acceptors (Lipinski definition) is 4. The van der Waals surface area contributed by atoms with E-state index < -0.39 is 0 Å². The molecule has 132 valence electrons. The number of rotatable bonds is 7. The molecule has 7 heteroatoms. The van der Waals surface area contributed by atoms with E-state index in [1.165, 1.54) is 0 Å². The molecule has 1 aliphatic rings. The van der Waals surface area contributed by atoms with Crippen LogP contribution < -0.4 is 16.0 Å². The molecule has 0 radical (unpaired) electrons. The van der Waals surface area contributed by atoms with Gasteiger partial charge in [0.15, 0.2) is 0 Å². The van der Waals surface area contributed by atoms with Gasteiger partial charge in [0.25, 0.3) is 0 Å². The summed E-state index contributed by atoms with van der Waals surface area (Å²) in [7, 11) is 1.63. The number of carbonyl (C=O) groups is 2. The fourth-order valence-electron chi connectivity index (χ4n) is 2.61. The predicted molar refractivity (Wildman–Crippen MR) is 92.9 cm³/mol. The van der Waals surface area contributed by atoms with Crippen LogP contribution in [0.4, 0.5) is 10.5 Å². The molecule has 0 aromatic heterocycles. The van der Waals surface area contributed by atoms with Gasteiger partial charge in [-0.05, 0) is 25.0 Å². The maximum Gasteiger partial charge on any atom is 0.321 e. The van der Waals surface area contributed by atoms with Crippen LogP contribution in [0.5, 0.6) is 0 Å². The number of ether oxygens (including phenoxy) is 1. The number of nitrogens with one attached hydrogen (secondary N) is 3. The number of likely N-dealkylation sites (tertiary alicyclic amines) is 1. The largest absolute Gasteiger partial charge is 0.383 e. The molecular formula is C17H26N4O3. The van der Waals surface area contributed by atoms with Crippen molar-refractivity contribution in [2.75, 3.05) is 45.2 Å². The monoisotopic (exact) mass is 334 g/mol. The van der Waals surface area contributed by atoms with Crippen LogP contribution in [0.15, 0.2) is 30.3 Å². The zero-order chi connectivity index (χ0) is 17.2. The summed E-state index contributed by atoms with van der Waals surface area (Å²) in [5.41, 5.74) is 0.792. The predicted octanol–water partition coefficient (Wildman–Crippen LogP) is 1.04. The van der Waals surface area contributed by atoms with Crippen LogP contribution in [-0.4, -0.2) is 62.8 Å². The molecular weight excluding hydrogens is 308 g/mol. The van der Waals surface area contributed by atoms with E-state index in [2.05, 4.69) is 16.0 Å². The number of carbonyl (C=O) groups excluding carboxylic acids is 2. The third kappa shape index (κ3) is 6.17. The van der Waals surface area contributed by atoms with Crippen molar-refractivity contribution in [2.24, 2.45) is 0 Å². The van der Waals surface area contributed by atoms with E-state index in [-0.39, 0.29) is 24.5 Å². The van der Waals surface area contributed by atoms with Gasteiger partial charge in [-0.25, -0.2) is 4.79 Å². The van der Waals surface area contributed by atoms with Gasteiger partial charge in [0.1, 0.15) is 0 Å². The van der Waals surface area contributed by atoms with Crippen LogP contribution in [0.3, 0.4) is 0 Å². The summed E-state index contributed by atoms with van der Waals surface area (Å²) in [6, 6.07) is 9.45. The SMILES string of the molecule is COCCNCC(=O)NC1CCN(C(=O)Nc2ccccc2)CC1. The number of para-hydroxylation sites is 1. The van der Waals surface area contributed by atoms with E-state index in [0.717, 1.165) is 18.5 Å². The zero-order valence-electron chi connectivity index (χ0n) is 14.1. The number of anilines is 1. The van der Waals surface area contributed by atoms with Gasteiger partial charge in [0.05, 0.1) is 13.2 Å². The number of nitrogens with zero attached hydrogens (tertiary/aromatic N) is 1. The quantitative estimate of drug-likeness (QED) is 0.651. The number of benzene rings is 1. The maximum atomic E-state index is 12.2. The topological polar surface area (TPSA) is 82.7 Å². The number of methoxy groups -OCH3 is 1. The summed E-state index contributed by atoms with van der Waals surface area (Å²) in [6.45, 7) is 2.81. The van der Waals surface area contributed by atoms with E-state index in [9.17, 15) is 9.59 Å². The normalized spacial score (nSPS) is 15.1. The van der Waals surface area contributed by atoms with Gasteiger partial charge in [-0.15, -0.1) is 0 Å². The molecule has 24 heavy (non-hydrogen) atoms. The first-order valence-corrected chi connectivity index (χ1v) is 8.29. The Hall–Kier alpha value is -2.12. The van der Waals surface area contributed by atoms with E-state index >= 15 is 0 Å². The van der Waals surface area contributed by atoms with Gasteiger partial charge in [-0.3, -0.25) is 4.79 Å². The van der Waals surface area contributed by atoms with Crippen LogP contribution in [0.2, 0.25) is 0 Å². The number of hydrogen-bond donors (Lipinski definition) is 3. The van der Waals surface area contributed by atoms with Crippen molar-refractivity contribution in [3.63, 3.8) is 0 Å². The summed E-state index contributed by atoms with van der Waals surface area (Å²) in [5, 5.41) is 8.91. The second-order valence-corrected chi connectivity index (χ2v) is 5.79. The third-order valence-corrected chi connectivity index (χ3v) is 3.94. The molecule has 1 aromatic rings. The second kappa shape index (κ2) is 9.89. The minimum absolute atomic E-state index is 0.0155. The Bertz CT molecular complexity index is 516. The van der Waals surface area contributed by atoms with Crippen molar-refractivity contribution < 1.29 is 14.3 Å².